The van der Waals surface area contributed by atoms with Gasteiger partial charge >= 0.3 is 11.9 Å². The van der Waals surface area contributed by atoms with Gasteiger partial charge < -0.3 is 26.5 Å². The van der Waals surface area contributed by atoms with E-state index in [0.29, 0.717) is 6.42 Å². The zero-order valence-corrected chi connectivity index (χ0v) is 26.1. The van der Waals surface area contributed by atoms with E-state index >= 15 is 0 Å². The number of ether oxygens (including phenoxy) is 2. The molecule has 0 heterocycles. The van der Waals surface area contributed by atoms with Gasteiger partial charge in [0.15, 0.2) is 0 Å². The van der Waals surface area contributed by atoms with Gasteiger partial charge in [-0.1, -0.05) is 47.0 Å². The monoisotopic (exact) mass is 630 g/mol. The average Bonchev–Trinajstić information content (AvgIpc) is 2.88. The summed E-state index contributed by atoms with van der Waals surface area (Å²) in [5.41, 5.74) is -1.12. The van der Waals surface area contributed by atoms with E-state index in [1.54, 1.807) is 6.92 Å². The fourth-order valence-corrected chi connectivity index (χ4v) is 9.15. The number of carbonyl (C=O) groups is 2. The molecule has 1 rings (SSSR count). The van der Waals surface area contributed by atoms with Crippen LogP contribution >= 0.6 is 7.26 Å². The van der Waals surface area contributed by atoms with Crippen molar-refractivity contribution in [3.63, 3.8) is 0 Å². The number of esters is 2. The van der Waals surface area contributed by atoms with Gasteiger partial charge in [0, 0.05) is 13.7 Å². The van der Waals surface area contributed by atoms with Crippen LogP contribution in [0.3, 0.4) is 0 Å². The highest BCUT2D eigenvalue weighted by Gasteiger charge is 2.36. The Morgan fingerprint density at radius 3 is 1.42 bits per heavy atom. The first kappa shape index (κ1) is 36.8. The van der Waals surface area contributed by atoms with E-state index in [4.69, 9.17) is 4.74 Å². The van der Waals surface area contributed by atoms with Gasteiger partial charge in [0.2, 0.25) is 34.8 Å². The van der Waals surface area contributed by atoms with E-state index in [1.807, 2.05) is 0 Å². The Labute approximate surface area is 236 Å². The summed E-state index contributed by atoms with van der Waals surface area (Å²) in [6.45, 7) is 11.1. The van der Waals surface area contributed by atoms with Crippen LogP contribution in [0.5, 0.6) is 11.5 Å². The Bertz CT molecular complexity index is 861. The SMILES string of the molecule is CCCC[P+](CCCC)(CCCC)CCCC(=O)Oc1c(F)c(F)c(OC(=O)C(C)(C)CC)c(F)c1F.[Br-]. The van der Waals surface area contributed by atoms with E-state index in [1.165, 1.54) is 13.8 Å². The van der Waals surface area contributed by atoms with Gasteiger partial charge in [0.05, 0.1) is 30.1 Å². The van der Waals surface area contributed by atoms with Gasteiger partial charge in [0.1, 0.15) is 0 Å². The summed E-state index contributed by atoms with van der Waals surface area (Å²) < 4.78 is 67.6. The molecule has 1 aromatic rings. The number of carbonyl (C=O) groups excluding carboxylic acids is 2. The van der Waals surface area contributed by atoms with Crippen LogP contribution in [0, 0.1) is 28.7 Å². The first-order valence-electron chi connectivity index (χ1n) is 13.5. The van der Waals surface area contributed by atoms with Crippen molar-refractivity contribution in [2.45, 2.75) is 99.3 Å². The second kappa shape index (κ2) is 17.5. The third kappa shape index (κ3) is 10.4. The van der Waals surface area contributed by atoms with Crippen LogP contribution in [0.4, 0.5) is 17.6 Å². The summed E-state index contributed by atoms with van der Waals surface area (Å²) in [6.07, 6.45) is 11.7. The second-order valence-corrected chi connectivity index (χ2v) is 14.9. The fourth-order valence-electron chi connectivity index (χ4n) is 4.02. The van der Waals surface area contributed by atoms with Crippen molar-refractivity contribution in [1.82, 2.24) is 0 Å². The van der Waals surface area contributed by atoms with Crippen LogP contribution in [0.25, 0.3) is 0 Å². The van der Waals surface area contributed by atoms with E-state index in [9.17, 15) is 27.2 Å². The Kier molecular flexibility index (Phi) is 16.9. The smallest absolute Gasteiger partial charge is 0.317 e. The molecule has 0 fully saturated rings. The zero-order chi connectivity index (χ0) is 28.2. The fraction of sp³-hybridized carbons (Fsp3) is 0.714. The molecule has 0 saturated heterocycles. The lowest BCUT2D eigenvalue weighted by molar-refractivity contribution is -0.144. The standard InChI is InChI=1S/C28H44F4O4P.BrH/c1-7-11-16-37(17-12-8-2,18-13-9-3)19-14-15-20(33)35-25-21(29)23(31)26(24(32)22(25)30)36-27(34)28(5,6)10-4;/h7-19H2,1-6H3;1H/q+1;/p-1. The maximum absolute atomic E-state index is 14.6. The van der Waals surface area contributed by atoms with Crippen LogP contribution in [-0.2, 0) is 9.59 Å². The number of rotatable bonds is 17. The molecule has 0 aromatic heterocycles. The molecular weight excluding hydrogens is 587 g/mol. The molecule has 0 aliphatic rings. The molecule has 0 unspecified atom stereocenters. The van der Waals surface area contributed by atoms with Gasteiger partial charge in [-0.05, 0) is 46.0 Å². The lowest BCUT2D eigenvalue weighted by Gasteiger charge is -2.28. The number of hydrogen-bond acceptors (Lipinski definition) is 4. The normalized spacial score (nSPS) is 11.7. The largest absolute Gasteiger partial charge is 1.00 e. The molecule has 0 radical (unpaired) electrons. The van der Waals surface area contributed by atoms with Gasteiger partial charge in [-0.2, -0.15) is 17.6 Å². The molecule has 0 N–H and O–H groups in total. The van der Waals surface area contributed by atoms with Crippen molar-refractivity contribution >= 4 is 19.2 Å². The summed E-state index contributed by atoms with van der Waals surface area (Å²) in [5.74, 6) is -12.6. The van der Waals surface area contributed by atoms with Crippen molar-refractivity contribution in [1.29, 1.82) is 0 Å². The van der Waals surface area contributed by atoms with E-state index in [0.717, 1.165) is 63.2 Å². The highest BCUT2D eigenvalue weighted by atomic mass is 79.9. The third-order valence-electron chi connectivity index (χ3n) is 7.00. The summed E-state index contributed by atoms with van der Waals surface area (Å²) in [7, 11) is -1.28. The summed E-state index contributed by atoms with van der Waals surface area (Å²) in [4.78, 5) is 24.6. The van der Waals surface area contributed by atoms with E-state index in [-0.39, 0.29) is 29.8 Å². The third-order valence-corrected chi connectivity index (χ3v) is 12.1. The lowest BCUT2D eigenvalue weighted by Crippen LogP contribution is -3.00. The molecule has 0 aliphatic heterocycles. The second-order valence-electron chi connectivity index (χ2n) is 10.4. The average molecular weight is 632 g/mol. The molecule has 38 heavy (non-hydrogen) atoms. The highest BCUT2D eigenvalue weighted by Crippen LogP contribution is 2.61. The zero-order valence-electron chi connectivity index (χ0n) is 23.7. The van der Waals surface area contributed by atoms with Gasteiger partial charge in [-0.15, -0.1) is 0 Å². The van der Waals surface area contributed by atoms with E-state index in [2.05, 4.69) is 25.5 Å². The minimum absolute atomic E-state index is 0. The topological polar surface area (TPSA) is 52.6 Å². The first-order chi connectivity index (χ1) is 17.4. The van der Waals surface area contributed by atoms with Crippen LogP contribution in [0.2, 0.25) is 0 Å². The van der Waals surface area contributed by atoms with Crippen molar-refractivity contribution < 1.29 is 53.6 Å². The maximum Gasteiger partial charge on any atom is 0.317 e. The van der Waals surface area contributed by atoms with Crippen molar-refractivity contribution in [3.8, 4) is 11.5 Å². The van der Waals surface area contributed by atoms with Crippen LogP contribution in [-0.4, -0.2) is 36.6 Å². The highest BCUT2D eigenvalue weighted by molar-refractivity contribution is 7.75. The van der Waals surface area contributed by atoms with Crippen molar-refractivity contribution in [2.24, 2.45) is 5.41 Å². The van der Waals surface area contributed by atoms with Crippen LogP contribution in [0.1, 0.15) is 99.3 Å². The van der Waals surface area contributed by atoms with Gasteiger partial charge in [-0.3, -0.25) is 9.59 Å². The molecule has 0 amide bonds. The Hall–Kier alpha value is -1.21. The Morgan fingerprint density at radius 1 is 0.684 bits per heavy atom. The maximum atomic E-state index is 14.6. The minimum Gasteiger partial charge on any atom is -1.00 e. The van der Waals surface area contributed by atoms with Gasteiger partial charge in [0.25, 0.3) is 0 Å². The predicted octanol–water partition coefficient (Wildman–Crippen LogP) is 5.69. The van der Waals surface area contributed by atoms with Crippen molar-refractivity contribution in [3.05, 3.63) is 23.3 Å². The minimum atomic E-state index is -1.93. The molecular formula is C28H44BrF4O4P. The van der Waals surface area contributed by atoms with Crippen LogP contribution < -0.4 is 26.5 Å². The molecule has 10 heteroatoms. The van der Waals surface area contributed by atoms with Crippen LogP contribution in [0.15, 0.2) is 0 Å². The number of unbranched alkanes of at least 4 members (excludes halogenated alkanes) is 3. The number of halogens is 5. The van der Waals surface area contributed by atoms with Gasteiger partial charge in [-0.25, -0.2) is 0 Å². The molecule has 0 aliphatic carbocycles. The van der Waals surface area contributed by atoms with Crippen molar-refractivity contribution in [2.75, 3.05) is 24.6 Å². The molecule has 0 spiro atoms. The Balaban J connectivity index is 0.0000137. The number of benzene rings is 1. The Morgan fingerprint density at radius 2 is 1.05 bits per heavy atom. The molecule has 1 aromatic carbocycles. The van der Waals surface area contributed by atoms with E-state index < -0.39 is 59.4 Å². The summed E-state index contributed by atoms with van der Waals surface area (Å²) in [5, 5.41) is 0. The first-order valence-corrected chi connectivity index (χ1v) is 16.1. The molecule has 0 atom stereocenters. The predicted molar refractivity (Wildman–Crippen MR) is 142 cm³/mol. The summed E-state index contributed by atoms with van der Waals surface area (Å²) >= 11 is 0. The molecule has 4 nitrogen and oxygen atoms in total. The molecule has 0 saturated carbocycles. The molecule has 0 bridgehead atoms. The summed E-state index contributed by atoms with van der Waals surface area (Å²) in [6, 6.07) is 0. The quantitative estimate of drug-likeness (QED) is 0.0729. The number of hydrogen-bond donors (Lipinski definition) is 0. The lowest BCUT2D eigenvalue weighted by atomic mass is 9.91. The molecule has 220 valence electrons.